The third kappa shape index (κ3) is 3.99. The van der Waals surface area contributed by atoms with Crippen molar-refractivity contribution in [1.82, 2.24) is 4.31 Å². The molecule has 1 heterocycles. The molecule has 0 aliphatic carbocycles. The number of carbonyl (C=O) groups is 1. The molecule has 0 saturated carbocycles. The highest BCUT2D eigenvalue weighted by Gasteiger charge is 2.27. The van der Waals surface area contributed by atoms with E-state index in [0.717, 1.165) is 12.8 Å². The third-order valence-electron chi connectivity index (χ3n) is 4.46. The summed E-state index contributed by atoms with van der Waals surface area (Å²) in [5.41, 5.74) is 0.818. The molecule has 2 aromatic rings. The number of rotatable bonds is 5. The summed E-state index contributed by atoms with van der Waals surface area (Å²) in [7, 11) is -3.63. The number of nitro groups is 1. The maximum absolute atomic E-state index is 12.6. The minimum Gasteiger partial charge on any atom is -0.322 e. The normalized spacial score (nSPS) is 14.9. The molecule has 1 saturated heterocycles. The summed E-state index contributed by atoms with van der Waals surface area (Å²) in [5.74, 6) is -0.536. The first-order valence-electron chi connectivity index (χ1n) is 8.45. The number of hydrogen-bond acceptors (Lipinski definition) is 5. The van der Waals surface area contributed by atoms with Crippen LogP contribution in [0.5, 0.6) is 0 Å². The molecule has 8 nitrogen and oxygen atoms in total. The molecule has 1 amide bonds. The molecule has 2 aromatic carbocycles. The molecule has 0 spiro atoms. The Balaban J connectivity index is 1.84. The number of nitrogens with zero attached hydrogens (tertiary/aromatic N) is 2. The van der Waals surface area contributed by atoms with E-state index in [1.165, 1.54) is 34.6 Å². The molecule has 1 N–H and O–H groups in total. The van der Waals surface area contributed by atoms with Gasteiger partial charge in [-0.05, 0) is 44.0 Å². The molecule has 3 rings (SSSR count). The monoisotopic (exact) mass is 389 g/mol. The highest BCUT2D eigenvalue weighted by molar-refractivity contribution is 7.89. The number of aryl methyl sites for hydroxylation is 1. The van der Waals surface area contributed by atoms with E-state index in [2.05, 4.69) is 5.32 Å². The molecule has 9 heteroatoms. The van der Waals surface area contributed by atoms with Gasteiger partial charge in [-0.2, -0.15) is 4.31 Å². The van der Waals surface area contributed by atoms with Gasteiger partial charge in [0.05, 0.1) is 9.82 Å². The van der Waals surface area contributed by atoms with Gasteiger partial charge < -0.3 is 5.32 Å². The van der Waals surface area contributed by atoms with Crippen LogP contribution in [0, 0.1) is 17.0 Å². The van der Waals surface area contributed by atoms with E-state index < -0.39 is 20.9 Å². The fraction of sp³-hybridized carbons (Fsp3) is 0.278. The van der Waals surface area contributed by atoms with Gasteiger partial charge in [-0.1, -0.05) is 12.1 Å². The summed E-state index contributed by atoms with van der Waals surface area (Å²) in [6.45, 7) is 2.56. The predicted octanol–water partition coefficient (Wildman–Crippen LogP) is 2.94. The van der Waals surface area contributed by atoms with E-state index in [1.54, 1.807) is 19.1 Å². The second kappa shape index (κ2) is 7.45. The molecule has 142 valence electrons. The van der Waals surface area contributed by atoms with Gasteiger partial charge in [-0.15, -0.1) is 0 Å². The topological polar surface area (TPSA) is 110 Å². The van der Waals surface area contributed by atoms with Gasteiger partial charge >= 0.3 is 0 Å². The summed E-state index contributed by atoms with van der Waals surface area (Å²) >= 11 is 0. The van der Waals surface area contributed by atoms with Gasteiger partial charge in [0.25, 0.3) is 11.6 Å². The molecule has 0 bridgehead atoms. The fourth-order valence-corrected chi connectivity index (χ4v) is 4.53. The number of benzene rings is 2. The van der Waals surface area contributed by atoms with Crippen LogP contribution in [-0.4, -0.2) is 36.6 Å². The zero-order valence-electron chi connectivity index (χ0n) is 14.7. The van der Waals surface area contributed by atoms with Crippen molar-refractivity contribution in [2.75, 3.05) is 18.4 Å². The lowest BCUT2D eigenvalue weighted by Crippen LogP contribution is -2.28. The standard InChI is InChI=1S/C18H19N3O5S/c1-13-7-8-15(12-17(13)21(23)24)19-18(22)14-5-4-6-16(11-14)27(25,26)20-9-2-3-10-20/h4-8,11-12H,2-3,9-10H2,1H3,(H,19,22). The first-order valence-corrected chi connectivity index (χ1v) is 9.89. The summed E-state index contributed by atoms with van der Waals surface area (Å²) < 4.78 is 26.7. The third-order valence-corrected chi connectivity index (χ3v) is 6.36. The average molecular weight is 389 g/mol. The van der Waals surface area contributed by atoms with E-state index in [0.29, 0.717) is 18.7 Å². The molecule has 1 fully saturated rings. The van der Waals surface area contributed by atoms with Crippen LogP contribution in [0.25, 0.3) is 0 Å². The molecule has 1 aliphatic rings. The molecule has 0 unspecified atom stereocenters. The van der Waals surface area contributed by atoms with Gasteiger partial charge in [0.15, 0.2) is 0 Å². The summed E-state index contributed by atoms with van der Waals surface area (Å²) in [6.07, 6.45) is 1.65. The van der Waals surface area contributed by atoms with Crippen LogP contribution >= 0.6 is 0 Å². The molecule has 27 heavy (non-hydrogen) atoms. The van der Waals surface area contributed by atoms with Crippen molar-refractivity contribution in [2.45, 2.75) is 24.7 Å². The quantitative estimate of drug-likeness (QED) is 0.624. The number of sulfonamides is 1. The van der Waals surface area contributed by atoms with Gasteiger partial charge in [-0.3, -0.25) is 14.9 Å². The summed E-state index contributed by atoms with van der Waals surface area (Å²) in [4.78, 5) is 23.1. The van der Waals surface area contributed by atoms with E-state index in [1.807, 2.05) is 0 Å². The van der Waals surface area contributed by atoms with Crippen molar-refractivity contribution in [1.29, 1.82) is 0 Å². The zero-order chi connectivity index (χ0) is 19.6. The van der Waals surface area contributed by atoms with Gasteiger partial charge in [0.2, 0.25) is 10.0 Å². The van der Waals surface area contributed by atoms with Crippen molar-refractivity contribution >= 4 is 27.3 Å². The number of carbonyl (C=O) groups excluding carboxylic acids is 1. The largest absolute Gasteiger partial charge is 0.322 e. The minimum atomic E-state index is -3.63. The lowest BCUT2D eigenvalue weighted by molar-refractivity contribution is -0.385. The Labute approximate surface area is 157 Å². The van der Waals surface area contributed by atoms with Crippen LogP contribution < -0.4 is 5.32 Å². The average Bonchev–Trinajstić information content (AvgIpc) is 3.18. The Hall–Kier alpha value is -2.78. The van der Waals surface area contributed by atoms with Gasteiger partial charge in [0, 0.05) is 36.0 Å². The second-order valence-electron chi connectivity index (χ2n) is 6.35. The van der Waals surface area contributed by atoms with Crippen LogP contribution in [0.3, 0.4) is 0 Å². The smallest absolute Gasteiger partial charge is 0.274 e. The predicted molar refractivity (Wildman–Crippen MR) is 100 cm³/mol. The van der Waals surface area contributed by atoms with E-state index in [4.69, 9.17) is 0 Å². The second-order valence-corrected chi connectivity index (χ2v) is 8.29. The van der Waals surface area contributed by atoms with Gasteiger partial charge in [-0.25, -0.2) is 8.42 Å². The van der Waals surface area contributed by atoms with Crippen LogP contribution in [0.4, 0.5) is 11.4 Å². The Morgan fingerprint density at radius 2 is 1.85 bits per heavy atom. The maximum atomic E-state index is 12.6. The number of anilines is 1. The highest BCUT2D eigenvalue weighted by Crippen LogP contribution is 2.24. The van der Waals surface area contributed by atoms with Crippen LogP contribution in [0.2, 0.25) is 0 Å². The van der Waals surface area contributed by atoms with Crippen molar-refractivity contribution in [2.24, 2.45) is 0 Å². The SMILES string of the molecule is Cc1ccc(NC(=O)c2cccc(S(=O)(=O)N3CCCC3)c2)cc1[N+](=O)[O-]. The van der Waals surface area contributed by atoms with E-state index in [-0.39, 0.29) is 21.8 Å². The van der Waals surface area contributed by atoms with Crippen molar-refractivity contribution in [3.05, 3.63) is 63.7 Å². The lowest BCUT2D eigenvalue weighted by atomic mass is 10.1. The van der Waals surface area contributed by atoms with Crippen molar-refractivity contribution in [3.8, 4) is 0 Å². The van der Waals surface area contributed by atoms with Crippen LogP contribution in [0.15, 0.2) is 47.4 Å². The Kier molecular flexibility index (Phi) is 5.24. The Morgan fingerprint density at radius 1 is 1.15 bits per heavy atom. The number of nitro benzene ring substituents is 1. The molecule has 1 aliphatic heterocycles. The zero-order valence-corrected chi connectivity index (χ0v) is 15.5. The van der Waals surface area contributed by atoms with E-state index in [9.17, 15) is 23.3 Å². The number of amides is 1. The number of nitrogens with one attached hydrogen (secondary N) is 1. The molecule has 0 atom stereocenters. The van der Waals surface area contributed by atoms with E-state index >= 15 is 0 Å². The Bertz CT molecular complexity index is 998. The first-order chi connectivity index (χ1) is 12.8. The van der Waals surface area contributed by atoms with Crippen LogP contribution in [0.1, 0.15) is 28.8 Å². The summed E-state index contributed by atoms with van der Waals surface area (Å²) in [6, 6.07) is 10.2. The van der Waals surface area contributed by atoms with Crippen molar-refractivity contribution in [3.63, 3.8) is 0 Å². The minimum absolute atomic E-state index is 0.0620. The fourth-order valence-electron chi connectivity index (χ4n) is 2.96. The maximum Gasteiger partial charge on any atom is 0.274 e. The van der Waals surface area contributed by atoms with Crippen molar-refractivity contribution < 1.29 is 18.1 Å². The number of hydrogen-bond donors (Lipinski definition) is 1. The molecule has 0 radical (unpaired) electrons. The molecular weight excluding hydrogens is 370 g/mol. The van der Waals surface area contributed by atoms with Crippen LogP contribution in [-0.2, 0) is 10.0 Å². The molecular formula is C18H19N3O5S. The highest BCUT2D eigenvalue weighted by atomic mass is 32.2. The molecule has 0 aromatic heterocycles. The Morgan fingerprint density at radius 3 is 2.52 bits per heavy atom. The van der Waals surface area contributed by atoms with Gasteiger partial charge in [0.1, 0.15) is 0 Å². The lowest BCUT2D eigenvalue weighted by Gasteiger charge is -2.16. The first kappa shape index (κ1) is 19.0. The summed E-state index contributed by atoms with van der Waals surface area (Å²) in [5, 5.41) is 13.6.